The number of aromatic nitrogens is 1. The van der Waals surface area contributed by atoms with Gasteiger partial charge in [0.2, 0.25) is 0 Å². The van der Waals surface area contributed by atoms with Crippen molar-refractivity contribution < 1.29 is 9.53 Å². The van der Waals surface area contributed by atoms with Gasteiger partial charge in [0.25, 0.3) is 5.91 Å². The second-order valence-electron chi connectivity index (χ2n) is 6.73. The summed E-state index contributed by atoms with van der Waals surface area (Å²) in [6.07, 6.45) is 3.44. The van der Waals surface area contributed by atoms with Gasteiger partial charge in [0.15, 0.2) is 0 Å². The highest BCUT2D eigenvalue weighted by atomic mass is 16.5. The topological polar surface area (TPSA) is 55.3 Å². The minimum atomic E-state index is -0.00185. The van der Waals surface area contributed by atoms with E-state index in [2.05, 4.69) is 10.6 Å². The number of fused-ring (bicyclic) bond motifs is 2. The average molecular weight is 325 g/mol. The Morgan fingerprint density at radius 1 is 1.25 bits per heavy atom. The number of para-hydroxylation sites is 1. The third-order valence-electron chi connectivity index (χ3n) is 5.35. The van der Waals surface area contributed by atoms with Crippen molar-refractivity contribution >= 4 is 5.91 Å². The summed E-state index contributed by atoms with van der Waals surface area (Å²) in [4.78, 5) is 12.7. The van der Waals surface area contributed by atoms with E-state index in [1.807, 2.05) is 48.0 Å². The Morgan fingerprint density at radius 3 is 2.79 bits per heavy atom. The maximum absolute atomic E-state index is 12.7. The van der Waals surface area contributed by atoms with Gasteiger partial charge >= 0.3 is 0 Å². The molecule has 5 heteroatoms. The fourth-order valence-electron chi connectivity index (χ4n) is 4.09. The largest absolute Gasteiger partial charge is 0.496 e. The van der Waals surface area contributed by atoms with Gasteiger partial charge in [-0.2, -0.15) is 0 Å². The van der Waals surface area contributed by atoms with E-state index in [0.717, 1.165) is 29.8 Å². The first-order chi connectivity index (χ1) is 11.7. The fourth-order valence-corrected chi connectivity index (χ4v) is 4.09. The number of hydrogen-bond donors (Lipinski definition) is 2. The number of ether oxygens (including phenoxy) is 1. The number of hydrogen-bond acceptors (Lipinski definition) is 3. The van der Waals surface area contributed by atoms with Gasteiger partial charge in [-0.1, -0.05) is 12.1 Å². The predicted molar refractivity (Wildman–Crippen MR) is 93.2 cm³/mol. The van der Waals surface area contributed by atoms with Crippen LogP contribution in [0.25, 0.3) is 11.3 Å². The van der Waals surface area contributed by atoms with Gasteiger partial charge in [-0.3, -0.25) is 4.79 Å². The lowest BCUT2D eigenvalue weighted by atomic mass is 9.95. The highest BCUT2D eigenvalue weighted by Crippen LogP contribution is 2.31. The van der Waals surface area contributed by atoms with Crippen molar-refractivity contribution in [1.29, 1.82) is 0 Å². The van der Waals surface area contributed by atoms with Crippen LogP contribution < -0.4 is 15.4 Å². The second kappa shape index (κ2) is 5.98. The molecular formula is C19H23N3O2. The van der Waals surface area contributed by atoms with Crippen LogP contribution in [-0.2, 0) is 7.05 Å². The van der Waals surface area contributed by atoms with Crippen LogP contribution in [0.5, 0.6) is 5.75 Å². The molecule has 0 aliphatic carbocycles. The van der Waals surface area contributed by atoms with Gasteiger partial charge in [0.05, 0.1) is 12.8 Å². The average Bonchev–Trinajstić information content (AvgIpc) is 3.30. The molecule has 4 rings (SSSR count). The van der Waals surface area contributed by atoms with Gasteiger partial charge in [-0.15, -0.1) is 0 Å². The van der Waals surface area contributed by atoms with Crippen molar-refractivity contribution in [2.75, 3.05) is 7.11 Å². The molecule has 3 atom stereocenters. The molecular weight excluding hydrogens is 302 g/mol. The standard InChI is InChI=1S/C19H23N3O2/c1-22-16(13-5-3-4-6-18(13)24-2)9-10-17(22)19(23)21-15-11-12-7-8-14(15)20-12/h3-6,9-10,12,14-15,20H,7-8,11H2,1-2H3,(H,21,23)/t12-,14+,15-/m1/s1. The van der Waals surface area contributed by atoms with Crippen molar-refractivity contribution in [1.82, 2.24) is 15.2 Å². The molecule has 2 saturated heterocycles. The number of benzene rings is 1. The molecule has 1 aromatic heterocycles. The molecule has 0 unspecified atom stereocenters. The number of amides is 1. The smallest absolute Gasteiger partial charge is 0.268 e. The van der Waals surface area contributed by atoms with Gasteiger partial charge in [0.1, 0.15) is 11.4 Å². The summed E-state index contributed by atoms with van der Waals surface area (Å²) in [5.74, 6) is 0.806. The van der Waals surface area contributed by atoms with Crippen molar-refractivity contribution in [2.24, 2.45) is 7.05 Å². The molecule has 0 saturated carbocycles. The van der Waals surface area contributed by atoms with Gasteiger partial charge in [-0.05, 0) is 43.5 Å². The molecule has 1 aromatic carbocycles. The lowest BCUT2D eigenvalue weighted by molar-refractivity contribution is 0.0923. The van der Waals surface area contributed by atoms with Crippen LogP contribution in [-0.4, -0.2) is 35.7 Å². The molecule has 5 nitrogen and oxygen atoms in total. The Balaban J connectivity index is 1.57. The van der Waals surface area contributed by atoms with Crippen LogP contribution in [0.2, 0.25) is 0 Å². The van der Waals surface area contributed by atoms with E-state index >= 15 is 0 Å². The summed E-state index contributed by atoms with van der Waals surface area (Å²) in [5, 5.41) is 6.76. The van der Waals surface area contributed by atoms with Crippen molar-refractivity contribution in [2.45, 2.75) is 37.4 Å². The zero-order valence-corrected chi connectivity index (χ0v) is 14.1. The van der Waals surface area contributed by atoms with Crippen LogP contribution in [0.4, 0.5) is 0 Å². The molecule has 1 amide bonds. The van der Waals surface area contributed by atoms with Gasteiger partial charge in [0, 0.05) is 30.7 Å². The minimum absolute atomic E-state index is 0.00185. The van der Waals surface area contributed by atoms with E-state index in [1.165, 1.54) is 6.42 Å². The van der Waals surface area contributed by atoms with Gasteiger partial charge < -0.3 is 19.9 Å². The number of nitrogens with one attached hydrogen (secondary N) is 2. The molecule has 2 aliphatic heterocycles. The highest BCUT2D eigenvalue weighted by Gasteiger charge is 2.39. The van der Waals surface area contributed by atoms with E-state index in [1.54, 1.807) is 7.11 Å². The Kier molecular flexibility index (Phi) is 3.81. The molecule has 0 spiro atoms. The molecule has 2 fully saturated rings. The number of carbonyl (C=O) groups is 1. The molecule has 3 heterocycles. The fraction of sp³-hybridized carbons (Fsp3) is 0.421. The van der Waals surface area contributed by atoms with Crippen molar-refractivity contribution in [3.8, 4) is 17.0 Å². The summed E-state index contributed by atoms with van der Waals surface area (Å²) >= 11 is 0. The van der Waals surface area contributed by atoms with Crippen LogP contribution in [0.1, 0.15) is 29.8 Å². The monoisotopic (exact) mass is 325 g/mol. The van der Waals surface area contributed by atoms with Crippen LogP contribution in [0, 0.1) is 0 Å². The Bertz CT molecular complexity index is 768. The molecule has 0 radical (unpaired) electrons. The van der Waals surface area contributed by atoms with Crippen LogP contribution >= 0.6 is 0 Å². The minimum Gasteiger partial charge on any atom is -0.496 e. The summed E-state index contributed by atoms with van der Waals surface area (Å²) in [5.41, 5.74) is 2.64. The highest BCUT2D eigenvalue weighted by molar-refractivity contribution is 5.94. The van der Waals surface area contributed by atoms with Crippen molar-refractivity contribution in [3.05, 3.63) is 42.1 Å². The predicted octanol–water partition coefficient (Wildman–Crippen LogP) is 2.32. The number of nitrogens with zero attached hydrogens (tertiary/aromatic N) is 1. The Hall–Kier alpha value is -2.27. The normalized spacial score (nSPS) is 25.0. The first-order valence-electron chi connectivity index (χ1n) is 8.53. The summed E-state index contributed by atoms with van der Waals surface area (Å²) in [7, 11) is 3.59. The summed E-state index contributed by atoms with van der Waals surface area (Å²) < 4.78 is 7.38. The van der Waals surface area contributed by atoms with Crippen LogP contribution in [0.3, 0.4) is 0 Å². The molecule has 24 heavy (non-hydrogen) atoms. The van der Waals surface area contributed by atoms with Crippen LogP contribution in [0.15, 0.2) is 36.4 Å². The number of rotatable bonds is 4. The summed E-state index contributed by atoms with van der Waals surface area (Å²) in [6, 6.07) is 13.0. The first kappa shape index (κ1) is 15.3. The Morgan fingerprint density at radius 2 is 2.08 bits per heavy atom. The Labute approximate surface area is 142 Å². The third kappa shape index (κ3) is 2.49. The van der Waals surface area contributed by atoms with E-state index in [0.29, 0.717) is 17.8 Å². The third-order valence-corrected chi connectivity index (χ3v) is 5.35. The number of carbonyl (C=O) groups excluding carboxylic acids is 1. The quantitative estimate of drug-likeness (QED) is 0.907. The molecule has 2 aliphatic rings. The molecule has 2 N–H and O–H groups in total. The lowest BCUT2D eigenvalue weighted by Gasteiger charge is -2.21. The molecule has 2 bridgehead atoms. The van der Waals surface area contributed by atoms with E-state index in [4.69, 9.17) is 4.74 Å². The van der Waals surface area contributed by atoms with Gasteiger partial charge in [-0.25, -0.2) is 0 Å². The molecule has 126 valence electrons. The van der Waals surface area contributed by atoms with E-state index in [9.17, 15) is 4.79 Å². The summed E-state index contributed by atoms with van der Waals surface area (Å²) in [6.45, 7) is 0. The SMILES string of the molecule is COc1ccccc1-c1ccc(C(=O)N[C@@H]2C[C@H]3CC[C@@H]2N3)n1C. The maximum atomic E-state index is 12.7. The molecule has 2 aromatic rings. The zero-order chi connectivity index (χ0) is 16.7. The lowest BCUT2D eigenvalue weighted by Crippen LogP contribution is -2.43. The maximum Gasteiger partial charge on any atom is 0.268 e. The second-order valence-corrected chi connectivity index (χ2v) is 6.73. The van der Waals surface area contributed by atoms with E-state index < -0.39 is 0 Å². The van der Waals surface area contributed by atoms with Crippen molar-refractivity contribution in [3.63, 3.8) is 0 Å². The van der Waals surface area contributed by atoms with E-state index in [-0.39, 0.29) is 11.9 Å². The number of methoxy groups -OCH3 is 1. The zero-order valence-electron chi connectivity index (χ0n) is 14.1. The first-order valence-corrected chi connectivity index (χ1v) is 8.53.